The Morgan fingerprint density at radius 2 is 0.615 bits per heavy atom. The van der Waals surface area contributed by atoms with E-state index in [1.165, 1.54) is 0 Å². The van der Waals surface area contributed by atoms with Gasteiger partial charge in [-0.05, 0) is 5.79 Å². The van der Waals surface area contributed by atoms with Gasteiger partial charge in [-0.1, -0.05) is 0 Å². The molecule has 0 N–H and O–H groups in total. The molecule has 2 nitrogen and oxygen atoms in total. The van der Waals surface area contributed by atoms with E-state index in [1.54, 1.807) is 0 Å². The average Bonchev–Trinajstić information content (AvgIpc) is 2.62. The number of hydrogen-bond acceptors (Lipinski definition) is 2. The van der Waals surface area contributed by atoms with E-state index >= 15 is 0 Å². The monoisotopic (exact) mass is 408 g/mol. The van der Waals surface area contributed by atoms with Crippen LogP contribution in [0.25, 0.3) is 0 Å². The Labute approximate surface area is 142 Å². The fourth-order valence-corrected chi connectivity index (χ4v) is 2.86. The first-order valence-electron chi connectivity index (χ1n) is 6.35. The fraction of sp³-hybridized carbons (Fsp3) is 0.0769. The van der Waals surface area contributed by atoms with Gasteiger partial charge in [0, 0.05) is 0 Å². The second kappa shape index (κ2) is 7.24. The molecule has 2 rings (SSSR count). The molecule has 26 heavy (non-hydrogen) atoms. The Morgan fingerprint density at radius 3 is 0.846 bits per heavy atom. The van der Waals surface area contributed by atoms with Gasteiger partial charge in [-0.2, -0.15) is 17.6 Å². The summed E-state index contributed by atoms with van der Waals surface area (Å²) in [6, 6.07) is 0. The van der Waals surface area contributed by atoms with E-state index in [0.717, 1.165) is 5.79 Å². The number of benzene rings is 2. The van der Waals surface area contributed by atoms with E-state index < -0.39 is 84.5 Å². The van der Waals surface area contributed by atoms with E-state index in [9.17, 15) is 43.9 Å². The minimum absolute atomic E-state index is 0.774. The van der Waals surface area contributed by atoms with Gasteiger partial charge in [0.05, 0.1) is 0 Å². The summed E-state index contributed by atoms with van der Waals surface area (Å²) in [6.45, 7) is 0. The van der Waals surface area contributed by atoms with Crippen LogP contribution in [0.2, 0.25) is 5.79 Å². The zero-order chi connectivity index (χ0) is 19.9. The maximum Gasteiger partial charge on any atom is 0.853 e. The summed E-state index contributed by atoms with van der Waals surface area (Å²) in [5.41, 5.74) is 0. The highest BCUT2D eigenvalue weighted by Gasteiger charge is 2.36. The van der Waals surface area contributed by atoms with Gasteiger partial charge in [0.2, 0.25) is 58.2 Å². The molecular weight excluding hydrogens is 405 g/mol. The molecule has 0 fully saturated rings. The molecule has 0 radical (unpaired) electrons. The molecule has 0 atom stereocenters. The summed E-state index contributed by atoms with van der Waals surface area (Å²) >= 11 is -3.75. The van der Waals surface area contributed by atoms with Crippen molar-refractivity contribution in [1.29, 1.82) is 0 Å². The Morgan fingerprint density at radius 1 is 0.423 bits per heavy atom. The first-order chi connectivity index (χ1) is 12.0. The molecule has 0 bridgehead atoms. The van der Waals surface area contributed by atoms with Crippen LogP contribution in [0.5, 0.6) is 11.5 Å². The van der Waals surface area contributed by atoms with Gasteiger partial charge < -0.3 is 7.58 Å². The first kappa shape index (κ1) is 20.2. The van der Waals surface area contributed by atoms with Crippen molar-refractivity contribution in [3.63, 3.8) is 0 Å². The van der Waals surface area contributed by atoms with E-state index in [2.05, 4.69) is 7.58 Å². The van der Waals surface area contributed by atoms with Crippen LogP contribution < -0.4 is 7.58 Å². The van der Waals surface area contributed by atoms with Crippen molar-refractivity contribution in [3.8, 4) is 11.5 Å². The van der Waals surface area contributed by atoms with Gasteiger partial charge in [0.25, 0.3) is 0 Å². The van der Waals surface area contributed by atoms with Crippen molar-refractivity contribution in [1.82, 2.24) is 0 Å². The van der Waals surface area contributed by atoms with Crippen molar-refractivity contribution in [2.75, 3.05) is 0 Å². The third kappa shape index (κ3) is 3.28. The second-order valence-corrected chi connectivity index (χ2v) is 6.21. The molecule has 0 saturated heterocycles. The van der Waals surface area contributed by atoms with Crippen molar-refractivity contribution in [2.45, 2.75) is 5.79 Å². The van der Waals surface area contributed by atoms with Crippen LogP contribution in [0, 0.1) is 58.2 Å². The molecule has 0 aliphatic heterocycles. The molecule has 0 spiro atoms. The molecule has 140 valence electrons. The normalized spacial score (nSPS) is 10.9. The van der Waals surface area contributed by atoms with Crippen LogP contribution in [0.15, 0.2) is 0 Å². The smallest absolute Gasteiger partial charge is 0.608 e. The Kier molecular flexibility index (Phi) is 5.62. The van der Waals surface area contributed by atoms with Gasteiger partial charge in [-0.15, -0.1) is 0 Å². The van der Waals surface area contributed by atoms with Crippen LogP contribution >= 0.6 is 0 Å². The van der Waals surface area contributed by atoms with Crippen LogP contribution in [0.3, 0.4) is 0 Å². The third-order valence-corrected chi connectivity index (χ3v) is 4.04. The minimum Gasteiger partial charge on any atom is -0.608 e. The second-order valence-electron chi connectivity index (χ2n) is 4.60. The van der Waals surface area contributed by atoms with Gasteiger partial charge >= 0.3 is 14.8 Å². The van der Waals surface area contributed by atoms with Crippen LogP contribution in [0.4, 0.5) is 43.9 Å². The highest BCUT2D eigenvalue weighted by molar-refractivity contribution is 6.44. The zero-order valence-electron chi connectivity index (χ0n) is 12.2. The highest BCUT2D eigenvalue weighted by Crippen LogP contribution is 2.32. The Bertz CT molecular complexity index is 759. The van der Waals surface area contributed by atoms with Gasteiger partial charge in [-0.25, -0.2) is 26.3 Å². The third-order valence-electron chi connectivity index (χ3n) is 2.91. The predicted molar refractivity (Wildman–Crippen MR) is 65.3 cm³/mol. The topological polar surface area (TPSA) is 18.5 Å². The Balaban J connectivity index is 2.39. The van der Waals surface area contributed by atoms with Crippen LogP contribution in [0.1, 0.15) is 0 Å². The van der Waals surface area contributed by atoms with Crippen molar-refractivity contribution in [2.24, 2.45) is 0 Å². The minimum atomic E-state index is -3.75. The molecule has 13 heteroatoms. The van der Waals surface area contributed by atoms with Crippen LogP contribution in [-0.4, -0.2) is 14.8 Å². The average molecular weight is 408 g/mol. The summed E-state index contributed by atoms with van der Waals surface area (Å²) in [6.07, 6.45) is 0. The predicted octanol–water partition coefficient (Wildman–Crippen LogP) is 4.65. The molecule has 0 aliphatic rings. The lowest BCUT2D eigenvalue weighted by molar-refractivity contribution is 0.314. The van der Waals surface area contributed by atoms with Gasteiger partial charge in [-0.3, -0.25) is 0 Å². The fourth-order valence-electron chi connectivity index (χ4n) is 1.73. The van der Waals surface area contributed by atoms with Crippen molar-refractivity contribution >= 4 is 14.8 Å². The maximum absolute atomic E-state index is 13.4. The SMILES string of the molecule is [CH3][Al]([O]c1c(F)c(F)c(F)c(F)c1F)[O]c1c(F)c(F)c(F)c(F)c1F. The van der Waals surface area contributed by atoms with E-state index in [-0.39, 0.29) is 0 Å². The van der Waals surface area contributed by atoms with Gasteiger partial charge in [0.1, 0.15) is 0 Å². The summed E-state index contributed by atoms with van der Waals surface area (Å²) < 4.78 is 140. The molecule has 0 amide bonds. The summed E-state index contributed by atoms with van der Waals surface area (Å²) in [5, 5.41) is 0. The molecule has 0 saturated carbocycles. The molecule has 0 unspecified atom stereocenters. The van der Waals surface area contributed by atoms with Crippen LogP contribution in [-0.2, 0) is 0 Å². The maximum atomic E-state index is 13.4. The summed E-state index contributed by atoms with van der Waals surface area (Å²) in [7, 11) is 0. The van der Waals surface area contributed by atoms with E-state index in [0.29, 0.717) is 0 Å². The lowest BCUT2D eigenvalue weighted by atomic mass is 10.3. The zero-order valence-corrected chi connectivity index (χ0v) is 13.3. The summed E-state index contributed by atoms with van der Waals surface area (Å²) in [5.74, 6) is -26.9. The quantitative estimate of drug-likeness (QED) is 0.317. The molecule has 2 aromatic carbocycles. The van der Waals surface area contributed by atoms with Crippen molar-refractivity contribution in [3.05, 3.63) is 58.2 Å². The van der Waals surface area contributed by atoms with E-state index in [1.807, 2.05) is 0 Å². The highest BCUT2D eigenvalue weighted by atomic mass is 27.2. The molecule has 2 aromatic rings. The lowest BCUT2D eigenvalue weighted by Crippen LogP contribution is -2.29. The molecule has 0 aromatic heterocycles. The molecule has 0 heterocycles. The summed E-state index contributed by atoms with van der Waals surface area (Å²) in [4.78, 5) is 0. The first-order valence-corrected chi connectivity index (χ1v) is 8.44. The van der Waals surface area contributed by atoms with Crippen molar-refractivity contribution < 1.29 is 51.5 Å². The van der Waals surface area contributed by atoms with Gasteiger partial charge in [0.15, 0.2) is 11.5 Å². The number of halogens is 10. The van der Waals surface area contributed by atoms with E-state index in [4.69, 9.17) is 0 Å². The standard InChI is InChI=1S/2C6HF5O.CH3.Al/c2*7-1-2(8)4(10)6(12)5(11)3(1)9;;/h2*12H;1H3;/q;;;+2/p-2. The molecule has 0 aliphatic carbocycles. The lowest BCUT2D eigenvalue weighted by Gasteiger charge is -2.17. The molecular formula is C13H3AlF10O2. The number of rotatable bonds is 4. The number of hydrogen-bond donors (Lipinski definition) is 0. The largest absolute Gasteiger partial charge is 0.853 e. The Hall–Kier alpha value is -2.13.